The van der Waals surface area contributed by atoms with Crippen LogP contribution < -0.4 is 0 Å². The Kier molecular flexibility index (Phi) is 4.22. The van der Waals surface area contributed by atoms with E-state index < -0.39 is 15.6 Å². The van der Waals surface area contributed by atoms with E-state index in [0.717, 1.165) is 12.8 Å². The van der Waals surface area contributed by atoms with Gasteiger partial charge in [-0.2, -0.15) is 4.31 Å². The molecule has 1 aromatic rings. The summed E-state index contributed by atoms with van der Waals surface area (Å²) in [7, 11) is -2.14. The predicted molar refractivity (Wildman–Crippen MR) is 75.8 cm³/mol. The fraction of sp³-hybridized carbons (Fsp3) is 0.769. The molecular weight excluding hydrogens is 278 g/mol. The Labute approximate surface area is 120 Å². The van der Waals surface area contributed by atoms with E-state index >= 15 is 0 Å². The summed E-state index contributed by atoms with van der Waals surface area (Å²) in [5.41, 5.74) is -0.886. The molecule has 114 valence electrons. The summed E-state index contributed by atoms with van der Waals surface area (Å²) in [4.78, 5) is 3.98. The van der Waals surface area contributed by atoms with Crippen LogP contribution in [0.4, 0.5) is 0 Å². The van der Waals surface area contributed by atoms with Crippen molar-refractivity contribution in [1.82, 2.24) is 13.9 Å². The van der Waals surface area contributed by atoms with E-state index in [-0.39, 0.29) is 17.6 Å². The van der Waals surface area contributed by atoms with Gasteiger partial charge in [-0.05, 0) is 26.7 Å². The predicted octanol–water partition coefficient (Wildman–Crippen LogP) is 1.39. The number of aliphatic hydroxyl groups is 1. The molecule has 2 rings (SSSR count). The molecule has 6 nitrogen and oxygen atoms in total. The van der Waals surface area contributed by atoms with Crippen molar-refractivity contribution in [2.24, 2.45) is 0 Å². The third-order valence-corrected chi connectivity index (χ3v) is 5.59. The maximum Gasteiger partial charge on any atom is 0.261 e. The Morgan fingerprint density at radius 2 is 2.05 bits per heavy atom. The molecule has 20 heavy (non-hydrogen) atoms. The van der Waals surface area contributed by atoms with Gasteiger partial charge in [0.2, 0.25) is 0 Å². The zero-order valence-electron chi connectivity index (χ0n) is 12.3. The van der Waals surface area contributed by atoms with Gasteiger partial charge in [-0.1, -0.05) is 12.8 Å². The fourth-order valence-corrected chi connectivity index (χ4v) is 3.75. The van der Waals surface area contributed by atoms with E-state index in [2.05, 4.69) is 4.98 Å². The number of rotatable bonds is 5. The first kappa shape index (κ1) is 15.5. The van der Waals surface area contributed by atoms with Crippen molar-refractivity contribution < 1.29 is 13.5 Å². The van der Waals surface area contributed by atoms with Crippen molar-refractivity contribution in [3.63, 3.8) is 0 Å². The van der Waals surface area contributed by atoms with Crippen molar-refractivity contribution in [1.29, 1.82) is 0 Å². The molecule has 0 atom stereocenters. The lowest BCUT2D eigenvalue weighted by molar-refractivity contribution is 0.0333. The van der Waals surface area contributed by atoms with Gasteiger partial charge in [-0.3, -0.25) is 0 Å². The topological polar surface area (TPSA) is 75.4 Å². The number of aromatic nitrogens is 2. The van der Waals surface area contributed by atoms with Crippen LogP contribution in [0, 0.1) is 0 Å². The maximum absolute atomic E-state index is 12.4. The van der Waals surface area contributed by atoms with E-state index in [4.69, 9.17) is 0 Å². The molecule has 1 N–H and O–H groups in total. The smallest absolute Gasteiger partial charge is 0.261 e. The molecule has 0 spiro atoms. The van der Waals surface area contributed by atoms with Gasteiger partial charge in [0.1, 0.15) is 0 Å². The highest BCUT2D eigenvalue weighted by molar-refractivity contribution is 7.89. The highest BCUT2D eigenvalue weighted by Crippen LogP contribution is 2.31. The molecule has 1 saturated carbocycles. The minimum absolute atomic E-state index is 0.0373. The van der Waals surface area contributed by atoms with Gasteiger partial charge < -0.3 is 9.67 Å². The summed E-state index contributed by atoms with van der Waals surface area (Å²) in [6.45, 7) is 4.05. The SMILES string of the molecule is CC(C)n1cnc(S(=O)(=O)N(C)CC2(O)CCCC2)c1. The van der Waals surface area contributed by atoms with Crippen molar-refractivity contribution in [3.05, 3.63) is 12.5 Å². The second-order valence-corrected chi connectivity index (χ2v) is 7.94. The molecule has 0 saturated heterocycles. The van der Waals surface area contributed by atoms with Crippen LogP contribution in [-0.4, -0.2) is 46.6 Å². The summed E-state index contributed by atoms with van der Waals surface area (Å²) in [5.74, 6) is 0. The molecule has 1 fully saturated rings. The minimum atomic E-state index is -3.64. The van der Waals surface area contributed by atoms with E-state index in [9.17, 15) is 13.5 Å². The van der Waals surface area contributed by atoms with Gasteiger partial charge in [-0.25, -0.2) is 13.4 Å². The van der Waals surface area contributed by atoms with Crippen LogP contribution in [0.15, 0.2) is 17.6 Å². The minimum Gasteiger partial charge on any atom is -0.389 e. The summed E-state index contributed by atoms with van der Waals surface area (Å²) in [5, 5.41) is 10.4. The molecule has 0 aromatic carbocycles. The van der Waals surface area contributed by atoms with Crippen LogP contribution in [0.5, 0.6) is 0 Å². The maximum atomic E-state index is 12.4. The van der Waals surface area contributed by atoms with Crippen molar-refractivity contribution in [2.45, 2.75) is 56.2 Å². The highest BCUT2D eigenvalue weighted by atomic mass is 32.2. The third kappa shape index (κ3) is 3.05. The van der Waals surface area contributed by atoms with Gasteiger partial charge in [0.05, 0.1) is 11.9 Å². The molecule has 1 aliphatic rings. The monoisotopic (exact) mass is 301 g/mol. The average molecular weight is 301 g/mol. The molecule has 1 aliphatic carbocycles. The van der Waals surface area contributed by atoms with E-state index in [0.29, 0.717) is 12.8 Å². The molecular formula is C13H23N3O3S. The molecule has 0 aliphatic heterocycles. The number of sulfonamides is 1. The summed E-state index contributed by atoms with van der Waals surface area (Å²) in [6.07, 6.45) is 6.28. The molecule has 0 bridgehead atoms. The molecule has 7 heteroatoms. The summed E-state index contributed by atoms with van der Waals surface area (Å²) < 4.78 is 27.8. The first-order valence-corrected chi connectivity index (χ1v) is 8.41. The van der Waals surface area contributed by atoms with Crippen LogP contribution in [0.2, 0.25) is 0 Å². The molecule has 1 aromatic heterocycles. The molecule has 0 unspecified atom stereocenters. The van der Waals surface area contributed by atoms with Crippen LogP contribution in [-0.2, 0) is 10.0 Å². The standard InChI is InChI=1S/C13H23N3O3S/c1-11(2)16-8-12(14-10-16)20(18,19)15(3)9-13(17)6-4-5-7-13/h8,10-11,17H,4-7,9H2,1-3H3. The van der Waals surface area contributed by atoms with Crippen LogP contribution in [0.3, 0.4) is 0 Å². The van der Waals surface area contributed by atoms with Gasteiger partial charge in [0.15, 0.2) is 5.03 Å². The highest BCUT2D eigenvalue weighted by Gasteiger charge is 2.36. The van der Waals surface area contributed by atoms with Gasteiger partial charge in [-0.15, -0.1) is 0 Å². The number of hydrogen-bond acceptors (Lipinski definition) is 4. The van der Waals surface area contributed by atoms with Crippen molar-refractivity contribution >= 4 is 10.0 Å². The Bertz CT molecular complexity index is 559. The Morgan fingerprint density at radius 1 is 1.45 bits per heavy atom. The quantitative estimate of drug-likeness (QED) is 0.891. The average Bonchev–Trinajstić information content (AvgIpc) is 2.97. The lowest BCUT2D eigenvalue weighted by atomic mass is 10.0. The lowest BCUT2D eigenvalue weighted by Gasteiger charge is -2.27. The number of nitrogens with zero attached hydrogens (tertiary/aromatic N) is 3. The molecule has 1 heterocycles. The van der Waals surface area contributed by atoms with Crippen LogP contribution >= 0.6 is 0 Å². The van der Waals surface area contributed by atoms with Gasteiger partial charge >= 0.3 is 0 Å². The number of likely N-dealkylation sites (N-methyl/N-ethyl adjacent to an activating group) is 1. The van der Waals surface area contributed by atoms with Crippen molar-refractivity contribution in [3.8, 4) is 0 Å². The summed E-state index contributed by atoms with van der Waals surface area (Å²) in [6, 6.07) is 0.163. The number of hydrogen-bond donors (Lipinski definition) is 1. The van der Waals surface area contributed by atoms with Crippen molar-refractivity contribution in [2.75, 3.05) is 13.6 Å². The number of imidazole rings is 1. The van der Waals surface area contributed by atoms with Gasteiger partial charge in [0, 0.05) is 25.8 Å². The zero-order chi connectivity index (χ0) is 15.0. The Hall–Kier alpha value is -0.920. The second kappa shape index (κ2) is 5.46. The van der Waals surface area contributed by atoms with E-state index in [1.807, 2.05) is 13.8 Å². The first-order valence-electron chi connectivity index (χ1n) is 6.97. The van der Waals surface area contributed by atoms with E-state index in [1.165, 1.54) is 23.9 Å². The summed E-state index contributed by atoms with van der Waals surface area (Å²) >= 11 is 0. The zero-order valence-corrected chi connectivity index (χ0v) is 13.1. The lowest BCUT2D eigenvalue weighted by Crippen LogP contribution is -2.42. The largest absolute Gasteiger partial charge is 0.389 e. The Balaban J connectivity index is 2.16. The molecule has 0 amide bonds. The normalized spacial score (nSPS) is 19.1. The molecule has 0 radical (unpaired) electrons. The fourth-order valence-electron chi connectivity index (χ4n) is 2.58. The van der Waals surface area contributed by atoms with E-state index in [1.54, 1.807) is 4.57 Å². The van der Waals surface area contributed by atoms with Crippen LogP contribution in [0.1, 0.15) is 45.6 Å². The Morgan fingerprint density at radius 3 is 2.55 bits per heavy atom. The third-order valence-electron chi connectivity index (χ3n) is 3.90. The second-order valence-electron chi connectivity index (χ2n) is 5.95. The van der Waals surface area contributed by atoms with Crippen LogP contribution in [0.25, 0.3) is 0 Å². The van der Waals surface area contributed by atoms with Gasteiger partial charge in [0.25, 0.3) is 10.0 Å². The first-order chi connectivity index (χ1) is 9.24.